The quantitative estimate of drug-likeness (QED) is 0.286. The van der Waals surface area contributed by atoms with Gasteiger partial charge in [0.2, 0.25) is 0 Å². The maximum absolute atomic E-state index is 11.6. The lowest BCUT2D eigenvalue weighted by Gasteiger charge is -2.18. The highest BCUT2D eigenvalue weighted by Crippen LogP contribution is 2.16. The molecule has 3 amide bonds. The molecule has 1 unspecified atom stereocenters. The van der Waals surface area contributed by atoms with Crippen LogP contribution >= 0.6 is 0 Å². The van der Waals surface area contributed by atoms with Crippen molar-refractivity contribution in [2.75, 3.05) is 6.54 Å². The number of imide groups is 1. The van der Waals surface area contributed by atoms with Crippen molar-refractivity contribution in [2.24, 2.45) is 0 Å². The molecule has 14 heavy (non-hydrogen) atoms. The van der Waals surface area contributed by atoms with Crippen LogP contribution in [0.25, 0.3) is 0 Å². The Morgan fingerprint density at radius 3 is 2.57 bits per heavy atom. The summed E-state index contributed by atoms with van der Waals surface area (Å²) in [6.45, 7) is 3.02. The highest BCUT2D eigenvalue weighted by molar-refractivity contribution is 6.07. The van der Waals surface area contributed by atoms with Crippen LogP contribution in [-0.2, 0) is 4.79 Å². The maximum Gasteiger partial charge on any atom is 0.325 e. The fourth-order valence-corrected chi connectivity index (χ4v) is 1.21. The number of carbonyl (C=O) groups excluding carboxylic acids is 2. The van der Waals surface area contributed by atoms with E-state index in [1.165, 1.54) is 0 Å². The molecule has 0 spiro atoms. The van der Waals surface area contributed by atoms with Gasteiger partial charge in [-0.05, 0) is 13.8 Å². The number of β-amino-alcohol motifs (C(OH)–C–C–N with tert-alkyl or cyclic N) is 1. The van der Waals surface area contributed by atoms with Crippen LogP contribution in [0.1, 0.15) is 13.8 Å². The summed E-state index contributed by atoms with van der Waals surface area (Å²) in [5.41, 5.74) is -0.911. The second kappa shape index (κ2) is 3.59. The van der Waals surface area contributed by atoms with Crippen molar-refractivity contribution in [3.63, 3.8) is 0 Å². The normalized spacial score (nSPS) is 22.4. The lowest BCUT2D eigenvalue weighted by atomic mass is 10.1. The largest absolute Gasteiger partial charge is 0.378 e. The zero-order chi connectivity index (χ0) is 10.9. The predicted octanol–water partition coefficient (Wildman–Crippen LogP) is -1.69. The molecule has 0 bridgehead atoms. The van der Waals surface area contributed by atoms with E-state index in [4.69, 9.17) is 13.1 Å². The third-order valence-electron chi connectivity index (χ3n) is 1.99. The van der Waals surface area contributed by atoms with Gasteiger partial charge in [-0.15, -0.1) is 0 Å². The fourth-order valence-electron chi connectivity index (χ4n) is 1.21. The molecule has 6 nitrogen and oxygen atoms in total. The number of nitrogens with zero attached hydrogens (tertiary/aromatic N) is 1. The van der Waals surface area contributed by atoms with Gasteiger partial charge >= 0.3 is 6.03 Å². The van der Waals surface area contributed by atoms with Gasteiger partial charge < -0.3 is 15.7 Å². The van der Waals surface area contributed by atoms with Crippen molar-refractivity contribution in [2.45, 2.75) is 25.6 Å². The Hall–Kier alpha value is -1.08. The smallest absolute Gasteiger partial charge is 0.325 e. The number of aliphatic hydroxyl groups is 1. The zero-order valence-electron chi connectivity index (χ0n) is 8.07. The molecule has 0 aromatic rings. The Morgan fingerprint density at radius 1 is 1.64 bits per heavy atom. The number of urea groups is 1. The van der Waals surface area contributed by atoms with Crippen LogP contribution in [0, 0.1) is 0 Å². The Balaban J connectivity index is 2.71. The molecule has 0 saturated carbocycles. The fraction of sp³-hybridized carbons (Fsp3) is 0.714. The second-order valence-electron chi connectivity index (χ2n) is 3.65. The van der Waals surface area contributed by atoms with Crippen LogP contribution in [0.2, 0.25) is 0 Å². The highest BCUT2D eigenvalue weighted by atomic mass is 16.3. The predicted molar refractivity (Wildman–Crippen MR) is 49.2 cm³/mol. The molecule has 1 fully saturated rings. The number of carbonyl (C=O) groups is 2. The summed E-state index contributed by atoms with van der Waals surface area (Å²) in [7, 11) is 4.94. The number of amides is 3. The van der Waals surface area contributed by atoms with Crippen molar-refractivity contribution in [1.29, 1.82) is 0 Å². The summed E-state index contributed by atoms with van der Waals surface area (Å²) in [6.07, 6.45) is -1.11. The van der Waals surface area contributed by atoms with E-state index in [9.17, 15) is 9.59 Å². The number of hydrogen-bond acceptors (Lipinski definition) is 4. The summed E-state index contributed by atoms with van der Waals surface area (Å²) < 4.78 is 0. The third-order valence-corrected chi connectivity index (χ3v) is 1.99. The zero-order valence-corrected chi connectivity index (χ0v) is 8.07. The maximum atomic E-state index is 11.6. The molecule has 1 rings (SSSR count). The lowest BCUT2D eigenvalue weighted by molar-refractivity contribution is -0.131. The molecular weight excluding hydrogens is 185 g/mol. The van der Waals surface area contributed by atoms with E-state index < -0.39 is 17.8 Å². The molecule has 0 aromatic carbocycles. The summed E-state index contributed by atoms with van der Waals surface area (Å²) in [5.74, 6) is -0.378. The molecule has 0 aliphatic carbocycles. The highest BCUT2D eigenvalue weighted by Gasteiger charge is 2.44. The number of aliphatic hydroxyl groups excluding tert-OH is 1. The molecule has 3 N–H and O–H groups in total. The van der Waals surface area contributed by atoms with Gasteiger partial charge in [0, 0.05) is 0 Å². The first-order chi connectivity index (χ1) is 6.38. The number of rotatable bonds is 3. The van der Waals surface area contributed by atoms with Gasteiger partial charge in [0.25, 0.3) is 5.91 Å². The van der Waals surface area contributed by atoms with Gasteiger partial charge in [0.15, 0.2) is 7.98 Å². The molecular formula is C7H12BN3O3. The van der Waals surface area contributed by atoms with Gasteiger partial charge in [-0.1, -0.05) is 0 Å². The van der Waals surface area contributed by atoms with Crippen molar-refractivity contribution in [1.82, 2.24) is 15.4 Å². The van der Waals surface area contributed by atoms with E-state index in [-0.39, 0.29) is 12.5 Å². The molecule has 0 aromatic heterocycles. The van der Waals surface area contributed by atoms with E-state index in [2.05, 4.69) is 5.32 Å². The topological polar surface area (TPSA) is 81.7 Å². The van der Waals surface area contributed by atoms with E-state index in [0.717, 1.165) is 4.90 Å². The Bertz CT molecular complexity index is 269. The molecule has 2 radical (unpaired) electrons. The van der Waals surface area contributed by atoms with Crippen molar-refractivity contribution in [3.8, 4) is 0 Å². The van der Waals surface area contributed by atoms with Crippen LogP contribution in [0.3, 0.4) is 0 Å². The Kier molecular flexibility index (Phi) is 2.82. The van der Waals surface area contributed by atoms with Crippen LogP contribution in [-0.4, -0.2) is 48.2 Å². The minimum atomic E-state index is -1.11. The SMILES string of the molecule is [B]NC(O)CN1C(=O)NC(C)(C)C1=O. The van der Waals surface area contributed by atoms with Crippen molar-refractivity contribution < 1.29 is 14.7 Å². The van der Waals surface area contributed by atoms with E-state index in [0.29, 0.717) is 0 Å². The van der Waals surface area contributed by atoms with Crippen molar-refractivity contribution in [3.05, 3.63) is 0 Å². The van der Waals surface area contributed by atoms with Crippen LogP contribution < -0.4 is 10.5 Å². The first kappa shape index (κ1) is 11.0. The lowest BCUT2D eigenvalue weighted by Crippen LogP contribution is -2.44. The molecule has 1 aliphatic rings. The van der Waals surface area contributed by atoms with E-state index in [1.807, 2.05) is 5.23 Å². The molecule has 1 aliphatic heterocycles. The Morgan fingerprint density at radius 2 is 2.21 bits per heavy atom. The average Bonchev–Trinajstić information content (AvgIpc) is 2.28. The minimum absolute atomic E-state index is 0.162. The van der Waals surface area contributed by atoms with Gasteiger partial charge in [-0.2, -0.15) is 0 Å². The van der Waals surface area contributed by atoms with Crippen molar-refractivity contribution >= 4 is 19.9 Å². The molecule has 1 heterocycles. The monoisotopic (exact) mass is 197 g/mol. The molecule has 1 saturated heterocycles. The standard InChI is InChI=1S/C7H12BN3O3/c1-7(2)5(13)11(6(14)9-7)3-4(12)10-8/h4,10,12H,3H2,1-2H3,(H,9,14). The van der Waals surface area contributed by atoms with Crippen LogP contribution in [0.4, 0.5) is 4.79 Å². The molecule has 1 atom stereocenters. The molecule has 76 valence electrons. The second-order valence-corrected chi connectivity index (χ2v) is 3.65. The van der Waals surface area contributed by atoms with Gasteiger partial charge in [-0.3, -0.25) is 9.69 Å². The number of nitrogens with one attached hydrogen (secondary N) is 2. The number of hydrogen-bond donors (Lipinski definition) is 3. The van der Waals surface area contributed by atoms with E-state index >= 15 is 0 Å². The van der Waals surface area contributed by atoms with Crippen LogP contribution in [0.5, 0.6) is 0 Å². The molecule has 7 heteroatoms. The summed E-state index contributed by atoms with van der Waals surface area (Å²) in [4.78, 5) is 23.7. The summed E-state index contributed by atoms with van der Waals surface area (Å²) in [6, 6.07) is -0.519. The Labute approximate surface area is 83.1 Å². The third kappa shape index (κ3) is 1.88. The minimum Gasteiger partial charge on any atom is -0.378 e. The van der Waals surface area contributed by atoms with Gasteiger partial charge in [0.1, 0.15) is 11.8 Å². The van der Waals surface area contributed by atoms with Crippen LogP contribution in [0.15, 0.2) is 0 Å². The average molecular weight is 197 g/mol. The first-order valence-corrected chi connectivity index (χ1v) is 4.17. The van der Waals surface area contributed by atoms with Gasteiger partial charge in [-0.25, -0.2) is 4.79 Å². The summed E-state index contributed by atoms with van der Waals surface area (Å²) >= 11 is 0. The van der Waals surface area contributed by atoms with Gasteiger partial charge in [0.05, 0.1) is 6.54 Å². The van der Waals surface area contributed by atoms with E-state index in [1.54, 1.807) is 13.8 Å². The summed E-state index contributed by atoms with van der Waals surface area (Å²) in [5, 5.41) is 13.6. The first-order valence-electron chi connectivity index (χ1n) is 4.17.